The van der Waals surface area contributed by atoms with Crippen molar-refractivity contribution < 1.29 is 24.9 Å². The van der Waals surface area contributed by atoms with Crippen molar-refractivity contribution in [2.45, 2.75) is 82.8 Å². The van der Waals surface area contributed by atoms with Crippen LogP contribution >= 0.6 is 11.6 Å². The molecular formula is C23H35ClO5. The van der Waals surface area contributed by atoms with E-state index in [1.54, 1.807) is 0 Å². The smallest absolute Gasteiger partial charge is 0.303 e. The molecular weight excluding hydrogens is 392 g/mol. The SMILES string of the molecule is O=C(O)CCCC=CC[C@H]1C(=O)C[C@@H](O)[C@@H]1C=CCC(O)C1(CCCCl)CCC1. The number of carboxylic acids is 1. The molecule has 4 atom stereocenters. The molecule has 2 aliphatic rings. The quantitative estimate of drug-likeness (QED) is 0.232. The van der Waals surface area contributed by atoms with Gasteiger partial charge < -0.3 is 15.3 Å². The molecule has 0 aliphatic heterocycles. The van der Waals surface area contributed by atoms with E-state index in [2.05, 4.69) is 0 Å². The Balaban J connectivity index is 1.85. The topological polar surface area (TPSA) is 94.8 Å². The fraction of sp³-hybridized carbons (Fsp3) is 0.739. The van der Waals surface area contributed by atoms with Gasteiger partial charge in [0.2, 0.25) is 0 Å². The summed E-state index contributed by atoms with van der Waals surface area (Å²) >= 11 is 5.83. The lowest BCUT2D eigenvalue weighted by Crippen LogP contribution is -2.41. The highest BCUT2D eigenvalue weighted by Crippen LogP contribution is 2.48. The molecule has 2 rings (SSSR count). The largest absolute Gasteiger partial charge is 0.481 e. The van der Waals surface area contributed by atoms with Gasteiger partial charge in [0.1, 0.15) is 5.78 Å². The molecule has 164 valence electrons. The Morgan fingerprint density at radius 3 is 2.62 bits per heavy atom. The van der Waals surface area contributed by atoms with Gasteiger partial charge in [-0.05, 0) is 56.8 Å². The van der Waals surface area contributed by atoms with Crippen LogP contribution in [-0.2, 0) is 9.59 Å². The number of carbonyl (C=O) groups is 2. The molecule has 29 heavy (non-hydrogen) atoms. The number of aliphatic hydroxyl groups excluding tert-OH is 2. The number of carboxylic acid groups (broad SMARTS) is 1. The first kappa shape index (κ1) is 24.1. The molecule has 0 spiro atoms. The second-order valence-electron chi connectivity index (χ2n) is 8.60. The Kier molecular flexibility index (Phi) is 9.87. The molecule has 5 nitrogen and oxygen atoms in total. The fourth-order valence-corrected chi connectivity index (χ4v) is 4.81. The maximum atomic E-state index is 12.3. The minimum atomic E-state index is -0.800. The first-order chi connectivity index (χ1) is 13.9. The molecule has 0 bridgehead atoms. The summed E-state index contributed by atoms with van der Waals surface area (Å²) in [7, 11) is 0. The Morgan fingerprint density at radius 2 is 2.00 bits per heavy atom. The van der Waals surface area contributed by atoms with Crippen LogP contribution in [-0.4, -0.2) is 45.2 Å². The molecule has 2 saturated carbocycles. The molecule has 0 aromatic carbocycles. The number of aliphatic carboxylic acids is 1. The Morgan fingerprint density at radius 1 is 1.24 bits per heavy atom. The van der Waals surface area contributed by atoms with E-state index in [1.165, 1.54) is 0 Å². The normalized spacial score (nSPS) is 27.6. The minimum Gasteiger partial charge on any atom is -0.481 e. The van der Waals surface area contributed by atoms with Gasteiger partial charge in [-0.2, -0.15) is 0 Å². The summed E-state index contributed by atoms with van der Waals surface area (Å²) in [5, 5.41) is 29.6. The van der Waals surface area contributed by atoms with E-state index in [-0.39, 0.29) is 35.9 Å². The van der Waals surface area contributed by atoms with Gasteiger partial charge in [0.15, 0.2) is 0 Å². The van der Waals surface area contributed by atoms with Crippen molar-refractivity contribution in [2.75, 3.05) is 5.88 Å². The molecule has 3 N–H and O–H groups in total. The van der Waals surface area contributed by atoms with Gasteiger partial charge in [0.05, 0.1) is 12.2 Å². The molecule has 0 saturated heterocycles. The number of rotatable bonds is 13. The van der Waals surface area contributed by atoms with Gasteiger partial charge >= 0.3 is 5.97 Å². The van der Waals surface area contributed by atoms with Crippen molar-refractivity contribution in [3.63, 3.8) is 0 Å². The van der Waals surface area contributed by atoms with Crippen LogP contribution in [0.1, 0.15) is 70.6 Å². The van der Waals surface area contributed by atoms with Crippen molar-refractivity contribution >= 4 is 23.4 Å². The lowest BCUT2D eigenvalue weighted by molar-refractivity contribution is -0.137. The highest BCUT2D eigenvalue weighted by molar-refractivity contribution is 6.17. The van der Waals surface area contributed by atoms with E-state index in [0.29, 0.717) is 31.6 Å². The molecule has 1 unspecified atom stereocenters. The van der Waals surface area contributed by atoms with Crippen LogP contribution in [0.5, 0.6) is 0 Å². The number of aliphatic hydroxyl groups is 2. The highest BCUT2D eigenvalue weighted by Gasteiger charge is 2.42. The van der Waals surface area contributed by atoms with Crippen molar-refractivity contribution in [2.24, 2.45) is 17.3 Å². The molecule has 0 heterocycles. The van der Waals surface area contributed by atoms with Crippen molar-refractivity contribution in [1.82, 2.24) is 0 Å². The van der Waals surface area contributed by atoms with Crippen LogP contribution in [0.3, 0.4) is 0 Å². The van der Waals surface area contributed by atoms with Gasteiger partial charge in [-0.15, -0.1) is 11.6 Å². The predicted molar refractivity (Wildman–Crippen MR) is 114 cm³/mol. The summed E-state index contributed by atoms with van der Waals surface area (Å²) in [4.78, 5) is 22.8. The average Bonchev–Trinajstić information content (AvgIpc) is 2.90. The van der Waals surface area contributed by atoms with Crippen molar-refractivity contribution in [1.29, 1.82) is 0 Å². The molecule has 0 aromatic rings. The zero-order valence-electron chi connectivity index (χ0n) is 17.1. The summed E-state index contributed by atoms with van der Waals surface area (Å²) in [5.74, 6) is -0.583. The van der Waals surface area contributed by atoms with Crippen LogP contribution in [0.4, 0.5) is 0 Å². The Hall–Kier alpha value is -1.17. The number of unbranched alkanes of at least 4 members (excludes halogenated alkanes) is 1. The number of Topliss-reactive ketones (excluding diaryl/α,β-unsaturated/α-hetero) is 1. The average molecular weight is 427 g/mol. The third-order valence-electron chi connectivity index (χ3n) is 6.63. The predicted octanol–water partition coefficient (Wildman–Crippen LogP) is 4.25. The lowest BCUT2D eigenvalue weighted by Gasteiger charge is -2.45. The van der Waals surface area contributed by atoms with Crippen LogP contribution in [0, 0.1) is 17.3 Å². The van der Waals surface area contributed by atoms with Crippen molar-refractivity contribution in [3.05, 3.63) is 24.3 Å². The molecule has 2 aliphatic carbocycles. The monoisotopic (exact) mass is 426 g/mol. The summed E-state index contributed by atoms with van der Waals surface area (Å²) in [5.41, 5.74) is -0.0125. The van der Waals surface area contributed by atoms with E-state index in [9.17, 15) is 19.8 Å². The number of carbonyl (C=O) groups excluding carboxylic acids is 1. The lowest BCUT2D eigenvalue weighted by atomic mass is 9.62. The van der Waals surface area contributed by atoms with E-state index in [4.69, 9.17) is 16.7 Å². The second-order valence-corrected chi connectivity index (χ2v) is 8.98. The van der Waals surface area contributed by atoms with Crippen LogP contribution < -0.4 is 0 Å². The van der Waals surface area contributed by atoms with Crippen LogP contribution in [0.15, 0.2) is 24.3 Å². The van der Waals surface area contributed by atoms with Gasteiger partial charge in [0.25, 0.3) is 0 Å². The minimum absolute atomic E-state index is 0.0125. The zero-order chi connectivity index (χ0) is 21.3. The van der Waals surface area contributed by atoms with E-state index < -0.39 is 18.2 Å². The third kappa shape index (κ3) is 6.94. The Bertz CT molecular complexity index is 596. The maximum Gasteiger partial charge on any atom is 0.303 e. The highest BCUT2D eigenvalue weighted by atomic mass is 35.5. The second kappa shape index (κ2) is 11.9. The van der Waals surface area contributed by atoms with Gasteiger partial charge in [-0.25, -0.2) is 0 Å². The number of hydrogen-bond acceptors (Lipinski definition) is 4. The number of alkyl halides is 1. The number of ketones is 1. The summed E-state index contributed by atoms with van der Waals surface area (Å²) in [6.45, 7) is 0. The molecule has 0 amide bonds. The molecule has 6 heteroatoms. The summed E-state index contributed by atoms with van der Waals surface area (Å²) in [6.07, 6.45) is 14.4. The summed E-state index contributed by atoms with van der Waals surface area (Å²) < 4.78 is 0. The van der Waals surface area contributed by atoms with Crippen molar-refractivity contribution in [3.8, 4) is 0 Å². The zero-order valence-corrected chi connectivity index (χ0v) is 17.9. The number of halogens is 1. The van der Waals surface area contributed by atoms with Gasteiger partial charge in [0, 0.05) is 30.6 Å². The maximum absolute atomic E-state index is 12.3. The van der Waals surface area contributed by atoms with E-state index >= 15 is 0 Å². The first-order valence-electron chi connectivity index (χ1n) is 10.9. The van der Waals surface area contributed by atoms with Crippen LogP contribution in [0.25, 0.3) is 0 Å². The fourth-order valence-electron chi connectivity index (χ4n) is 4.67. The molecule has 0 aromatic heterocycles. The van der Waals surface area contributed by atoms with Gasteiger partial charge in [-0.3, -0.25) is 9.59 Å². The van der Waals surface area contributed by atoms with Crippen LogP contribution in [0.2, 0.25) is 0 Å². The summed E-state index contributed by atoms with van der Waals surface area (Å²) in [6, 6.07) is 0. The van der Waals surface area contributed by atoms with Gasteiger partial charge in [-0.1, -0.05) is 30.7 Å². The first-order valence-corrected chi connectivity index (χ1v) is 11.4. The van der Waals surface area contributed by atoms with E-state index in [1.807, 2.05) is 24.3 Å². The molecule has 0 radical (unpaired) electrons. The Labute approximate surface area is 178 Å². The molecule has 2 fully saturated rings. The van der Waals surface area contributed by atoms with E-state index in [0.717, 1.165) is 32.1 Å². The number of allylic oxidation sites excluding steroid dienone is 2. The number of hydrogen-bond donors (Lipinski definition) is 3. The standard InChI is InChI=1S/C23H35ClO5/c24-15-7-14-23(12-6-13-23)21(27)10-5-9-18-17(19(25)16-20(18)26)8-3-1-2-4-11-22(28)29/h1,3,5,9,17-18,20-21,26-27H,2,4,6-8,10-16H2,(H,28,29)/t17-,18-,20-,21?/m1/s1. The third-order valence-corrected chi connectivity index (χ3v) is 6.90.